The van der Waals surface area contributed by atoms with Crippen molar-refractivity contribution in [3.8, 4) is 5.75 Å². The van der Waals surface area contributed by atoms with Crippen LogP contribution < -0.4 is 15.4 Å². The minimum absolute atomic E-state index is 0.165. The summed E-state index contributed by atoms with van der Waals surface area (Å²) in [5.74, 6) is -0.0478. The monoisotopic (exact) mass is 394 g/mol. The highest BCUT2D eigenvalue weighted by molar-refractivity contribution is 6.31. The number of carbonyl (C=O) groups is 2. The summed E-state index contributed by atoms with van der Waals surface area (Å²) < 4.78 is 5.53. The first-order chi connectivity index (χ1) is 13.5. The first-order valence-corrected chi connectivity index (χ1v) is 9.04. The van der Waals surface area contributed by atoms with E-state index < -0.39 is 0 Å². The summed E-state index contributed by atoms with van der Waals surface area (Å²) in [4.78, 5) is 24.3. The number of hydrogen-bond acceptors (Lipinski definition) is 3. The first-order valence-electron chi connectivity index (χ1n) is 8.66. The van der Waals surface area contributed by atoms with Crippen molar-refractivity contribution >= 4 is 34.8 Å². The Balaban J connectivity index is 1.56. The van der Waals surface area contributed by atoms with Crippen LogP contribution in [-0.4, -0.2) is 18.4 Å². The summed E-state index contributed by atoms with van der Waals surface area (Å²) >= 11 is 6.06. The number of carbonyl (C=O) groups excluding carboxylic acids is 2. The molecule has 142 valence electrons. The second kappa shape index (κ2) is 9.06. The van der Waals surface area contributed by atoms with Crippen LogP contribution in [0.3, 0.4) is 0 Å². The molecule has 5 nitrogen and oxygen atoms in total. The van der Waals surface area contributed by atoms with E-state index in [9.17, 15) is 9.59 Å². The zero-order chi connectivity index (χ0) is 19.9. The molecule has 0 fully saturated rings. The predicted octanol–water partition coefficient (Wildman–Crippen LogP) is 4.92. The van der Waals surface area contributed by atoms with Crippen LogP contribution in [-0.2, 0) is 4.79 Å². The maximum Gasteiger partial charge on any atom is 0.262 e. The fourth-order valence-corrected chi connectivity index (χ4v) is 2.65. The van der Waals surface area contributed by atoms with Gasteiger partial charge < -0.3 is 15.4 Å². The number of aryl methyl sites for hydroxylation is 1. The fraction of sp³-hybridized carbons (Fsp3) is 0.0909. The molecule has 0 spiro atoms. The Kier molecular flexibility index (Phi) is 6.29. The zero-order valence-corrected chi connectivity index (χ0v) is 16.0. The summed E-state index contributed by atoms with van der Waals surface area (Å²) in [6.45, 7) is 1.72. The number of amides is 2. The molecule has 28 heavy (non-hydrogen) atoms. The third kappa shape index (κ3) is 5.34. The Bertz CT molecular complexity index is 990. The molecule has 0 saturated heterocycles. The number of ether oxygens (including phenoxy) is 1. The van der Waals surface area contributed by atoms with Gasteiger partial charge in [0.1, 0.15) is 5.75 Å². The summed E-state index contributed by atoms with van der Waals surface area (Å²) in [7, 11) is 0. The van der Waals surface area contributed by atoms with Gasteiger partial charge in [0.2, 0.25) is 0 Å². The predicted molar refractivity (Wildman–Crippen MR) is 111 cm³/mol. The molecule has 6 heteroatoms. The van der Waals surface area contributed by atoms with Crippen LogP contribution >= 0.6 is 11.6 Å². The lowest BCUT2D eigenvalue weighted by Crippen LogP contribution is -2.20. The largest absolute Gasteiger partial charge is 0.484 e. The van der Waals surface area contributed by atoms with E-state index in [2.05, 4.69) is 10.6 Å². The quantitative estimate of drug-likeness (QED) is 0.623. The third-order valence-corrected chi connectivity index (χ3v) is 4.36. The number of nitrogens with one attached hydrogen (secondary N) is 2. The van der Waals surface area contributed by atoms with Gasteiger partial charge >= 0.3 is 0 Å². The Morgan fingerprint density at radius 3 is 2.39 bits per heavy atom. The van der Waals surface area contributed by atoms with Crippen LogP contribution in [0.1, 0.15) is 15.9 Å². The lowest BCUT2D eigenvalue weighted by molar-refractivity contribution is -0.118. The highest BCUT2D eigenvalue weighted by Gasteiger charge is 2.08. The van der Waals surface area contributed by atoms with Crippen LogP contribution in [0.2, 0.25) is 5.02 Å². The van der Waals surface area contributed by atoms with E-state index >= 15 is 0 Å². The van der Waals surface area contributed by atoms with Gasteiger partial charge in [-0.05, 0) is 48.9 Å². The number of benzene rings is 3. The molecule has 3 aromatic carbocycles. The highest BCUT2D eigenvalue weighted by atomic mass is 35.5. The molecular weight excluding hydrogens is 376 g/mol. The van der Waals surface area contributed by atoms with E-state index in [-0.39, 0.29) is 18.4 Å². The Morgan fingerprint density at radius 1 is 0.893 bits per heavy atom. The molecule has 0 aliphatic carbocycles. The van der Waals surface area contributed by atoms with Gasteiger partial charge in [0.05, 0.1) is 0 Å². The van der Waals surface area contributed by atoms with Crippen molar-refractivity contribution in [2.24, 2.45) is 0 Å². The standard InChI is InChI=1S/C22H19ClN2O3/c1-15-10-11-18(13-20(15)23)24-21(26)14-28-19-9-5-8-17(12-19)25-22(27)16-6-3-2-4-7-16/h2-13H,14H2,1H3,(H,24,26)(H,25,27). The molecule has 0 unspecified atom stereocenters. The van der Waals surface area contributed by atoms with Crippen molar-refractivity contribution < 1.29 is 14.3 Å². The summed E-state index contributed by atoms with van der Waals surface area (Å²) in [5.41, 5.74) is 2.68. The lowest BCUT2D eigenvalue weighted by atomic mass is 10.2. The van der Waals surface area contributed by atoms with Crippen LogP contribution in [0.25, 0.3) is 0 Å². The molecular formula is C22H19ClN2O3. The summed E-state index contributed by atoms with van der Waals surface area (Å²) in [6.07, 6.45) is 0. The SMILES string of the molecule is Cc1ccc(NC(=O)COc2cccc(NC(=O)c3ccccc3)c2)cc1Cl. The van der Waals surface area contributed by atoms with Crippen LogP contribution in [0.15, 0.2) is 72.8 Å². The maximum absolute atomic E-state index is 12.2. The van der Waals surface area contributed by atoms with Gasteiger partial charge in [-0.1, -0.05) is 41.9 Å². The van der Waals surface area contributed by atoms with E-state index in [1.807, 2.05) is 19.1 Å². The third-order valence-electron chi connectivity index (χ3n) is 3.95. The van der Waals surface area contributed by atoms with Crippen molar-refractivity contribution in [2.75, 3.05) is 17.2 Å². The second-order valence-corrected chi connectivity index (χ2v) is 6.56. The van der Waals surface area contributed by atoms with Gasteiger partial charge in [-0.3, -0.25) is 9.59 Å². The summed E-state index contributed by atoms with van der Waals surface area (Å²) in [6, 6.07) is 21.1. The Morgan fingerprint density at radius 2 is 1.64 bits per heavy atom. The molecule has 0 aromatic heterocycles. The molecule has 0 radical (unpaired) electrons. The van der Waals surface area contributed by atoms with Gasteiger partial charge in [-0.15, -0.1) is 0 Å². The zero-order valence-electron chi connectivity index (χ0n) is 15.2. The van der Waals surface area contributed by atoms with Gasteiger partial charge in [-0.2, -0.15) is 0 Å². The lowest BCUT2D eigenvalue weighted by Gasteiger charge is -2.10. The first kappa shape index (κ1) is 19.5. The van der Waals surface area contributed by atoms with E-state index in [0.717, 1.165) is 5.56 Å². The number of hydrogen-bond donors (Lipinski definition) is 2. The average Bonchev–Trinajstić information content (AvgIpc) is 2.70. The molecule has 3 aromatic rings. The molecule has 0 bridgehead atoms. The molecule has 0 aliphatic rings. The Hall–Kier alpha value is -3.31. The van der Waals surface area contributed by atoms with Gasteiger partial charge in [0, 0.05) is 28.0 Å². The molecule has 0 aliphatic heterocycles. The number of rotatable bonds is 6. The molecule has 2 amide bonds. The van der Waals surface area contributed by atoms with Crippen LogP contribution in [0.5, 0.6) is 5.75 Å². The van der Waals surface area contributed by atoms with Crippen LogP contribution in [0.4, 0.5) is 11.4 Å². The van der Waals surface area contributed by atoms with Gasteiger partial charge in [-0.25, -0.2) is 0 Å². The number of anilines is 2. The van der Waals surface area contributed by atoms with E-state index in [4.69, 9.17) is 16.3 Å². The summed E-state index contributed by atoms with van der Waals surface area (Å²) in [5, 5.41) is 6.12. The molecule has 0 heterocycles. The van der Waals surface area contributed by atoms with Crippen LogP contribution in [0, 0.1) is 6.92 Å². The van der Waals surface area contributed by atoms with E-state index in [1.54, 1.807) is 60.7 Å². The van der Waals surface area contributed by atoms with Crippen molar-refractivity contribution in [3.63, 3.8) is 0 Å². The highest BCUT2D eigenvalue weighted by Crippen LogP contribution is 2.21. The van der Waals surface area contributed by atoms with Crippen molar-refractivity contribution in [2.45, 2.75) is 6.92 Å². The second-order valence-electron chi connectivity index (χ2n) is 6.15. The maximum atomic E-state index is 12.2. The number of halogens is 1. The smallest absolute Gasteiger partial charge is 0.262 e. The molecule has 0 atom stereocenters. The Labute approximate surface area is 168 Å². The van der Waals surface area contributed by atoms with E-state index in [1.165, 1.54) is 0 Å². The minimum atomic E-state index is -0.307. The van der Waals surface area contributed by atoms with Crippen molar-refractivity contribution in [1.29, 1.82) is 0 Å². The van der Waals surface area contributed by atoms with Gasteiger partial charge in [0.25, 0.3) is 11.8 Å². The van der Waals surface area contributed by atoms with Gasteiger partial charge in [0.15, 0.2) is 6.61 Å². The minimum Gasteiger partial charge on any atom is -0.484 e. The average molecular weight is 395 g/mol. The van der Waals surface area contributed by atoms with Crippen molar-refractivity contribution in [3.05, 3.63) is 88.9 Å². The molecule has 2 N–H and O–H groups in total. The fourth-order valence-electron chi connectivity index (χ4n) is 2.47. The van der Waals surface area contributed by atoms with Crippen molar-refractivity contribution in [1.82, 2.24) is 0 Å². The normalized spacial score (nSPS) is 10.2. The topological polar surface area (TPSA) is 67.4 Å². The van der Waals surface area contributed by atoms with E-state index in [0.29, 0.717) is 27.7 Å². The molecule has 3 rings (SSSR count). The molecule has 0 saturated carbocycles.